The molecule has 0 aliphatic carbocycles. The average Bonchev–Trinajstić information content (AvgIpc) is 2.51. The molecule has 0 N–H and O–H groups in total. The van der Waals surface area contributed by atoms with Crippen LogP contribution in [0.3, 0.4) is 0 Å². The maximum atomic E-state index is 12.4. The van der Waals surface area contributed by atoms with Crippen molar-refractivity contribution in [3.63, 3.8) is 0 Å². The van der Waals surface area contributed by atoms with Gasteiger partial charge in [0.2, 0.25) is 0 Å². The molecule has 128 valence electrons. The summed E-state index contributed by atoms with van der Waals surface area (Å²) < 4.78 is 16.8. The molecule has 0 aromatic heterocycles. The number of hydrogen-bond acceptors (Lipinski definition) is 4. The Morgan fingerprint density at radius 2 is 2.00 bits per heavy atom. The number of carbonyl (C=O) groups is 1. The predicted molar refractivity (Wildman–Crippen MR) is 88.4 cm³/mol. The summed E-state index contributed by atoms with van der Waals surface area (Å²) in [6.45, 7) is 6.71. The highest BCUT2D eigenvalue weighted by Gasteiger charge is 2.31. The quantitative estimate of drug-likeness (QED) is 0.842. The van der Waals surface area contributed by atoms with Crippen molar-refractivity contribution in [3.8, 4) is 5.75 Å². The number of hydrogen-bond donors (Lipinski definition) is 0. The third kappa shape index (κ3) is 5.13. The molecule has 1 aliphatic heterocycles. The van der Waals surface area contributed by atoms with Gasteiger partial charge in [-0.3, -0.25) is 4.90 Å². The fourth-order valence-electron chi connectivity index (χ4n) is 2.61. The van der Waals surface area contributed by atoms with Crippen LogP contribution in [0.5, 0.6) is 5.75 Å². The van der Waals surface area contributed by atoms with Gasteiger partial charge in [0.15, 0.2) is 0 Å². The third-order valence-corrected chi connectivity index (χ3v) is 3.70. The SMILES string of the molecule is COc1ccccc1COC1CCCCN1C(=O)OC(C)(C)C. The Labute approximate surface area is 138 Å². The van der Waals surface area contributed by atoms with E-state index >= 15 is 0 Å². The van der Waals surface area contributed by atoms with Crippen LogP contribution in [0, 0.1) is 0 Å². The number of methoxy groups -OCH3 is 1. The molecule has 23 heavy (non-hydrogen) atoms. The first-order valence-corrected chi connectivity index (χ1v) is 8.14. The second kappa shape index (κ2) is 7.68. The Balaban J connectivity index is 2.00. The number of amides is 1. The van der Waals surface area contributed by atoms with Crippen molar-refractivity contribution in [3.05, 3.63) is 29.8 Å². The Morgan fingerprint density at radius 1 is 1.26 bits per heavy atom. The predicted octanol–water partition coefficient (Wildman–Crippen LogP) is 3.96. The van der Waals surface area contributed by atoms with Crippen molar-refractivity contribution in [2.45, 2.75) is 58.5 Å². The molecule has 2 rings (SSSR count). The number of piperidine rings is 1. The van der Waals surface area contributed by atoms with E-state index in [-0.39, 0.29) is 12.3 Å². The molecule has 0 spiro atoms. The summed E-state index contributed by atoms with van der Waals surface area (Å²) in [5.41, 5.74) is 0.478. The summed E-state index contributed by atoms with van der Waals surface area (Å²) in [6.07, 6.45) is 2.31. The molecule has 1 aromatic rings. The number of para-hydroxylation sites is 1. The molecule has 1 saturated heterocycles. The van der Waals surface area contributed by atoms with Gasteiger partial charge in [0, 0.05) is 12.1 Å². The normalized spacial score (nSPS) is 18.6. The molecule has 1 heterocycles. The molecular weight excluding hydrogens is 294 g/mol. The molecule has 0 radical (unpaired) electrons. The van der Waals surface area contributed by atoms with Gasteiger partial charge in [-0.05, 0) is 46.1 Å². The van der Waals surface area contributed by atoms with E-state index < -0.39 is 5.60 Å². The summed E-state index contributed by atoms with van der Waals surface area (Å²) in [4.78, 5) is 14.1. The monoisotopic (exact) mass is 321 g/mol. The topological polar surface area (TPSA) is 48.0 Å². The van der Waals surface area contributed by atoms with Gasteiger partial charge in [0.25, 0.3) is 0 Å². The maximum absolute atomic E-state index is 12.4. The number of rotatable bonds is 4. The summed E-state index contributed by atoms with van der Waals surface area (Å²) in [5.74, 6) is 0.798. The number of carbonyl (C=O) groups excluding carboxylic acids is 1. The largest absolute Gasteiger partial charge is 0.496 e. The number of ether oxygens (including phenoxy) is 3. The fourth-order valence-corrected chi connectivity index (χ4v) is 2.61. The van der Waals surface area contributed by atoms with E-state index in [9.17, 15) is 4.79 Å². The Kier molecular flexibility index (Phi) is 5.88. The lowest BCUT2D eigenvalue weighted by Gasteiger charge is -2.36. The standard InChI is InChI=1S/C18H27NO4/c1-18(2,3)23-17(20)19-12-8-7-11-16(19)22-13-14-9-5-6-10-15(14)21-4/h5-6,9-10,16H,7-8,11-13H2,1-4H3. The third-order valence-electron chi connectivity index (χ3n) is 3.70. The van der Waals surface area contributed by atoms with E-state index in [4.69, 9.17) is 14.2 Å². The zero-order valence-electron chi connectivity index (χ0n) is 14.5. The highest BCUT2D eigenvalue weighted by atomic mass is 16.6. The average molecular weight is 321 g/mol. The zero-order valence-corrected chi connectivity index (χ0v) is 14.5. The second-order valence-electron chi connectivity index (χ2n) is 6.75. The zero-order chi connectivity index (χ0) is 16.9. The van der Waals surface area contributed by atoms with Crippen molar-refractivity contribution in [1.29, 1.82) is 0 Å². The molecule has 1 aromatic carbocycles. The molecule has 0 bridgehead atoms. The van der Waals surface area contributed by atoms with E-state index in [0.717, 1.165) is 30.6 Å². The number of likely N-dealkylation sites (tertiary alicyclic amines) is 1. The van der Waals surface area contributed by atoms with E-state index in [1.54, 1.807) is 12.0 Å². The molecule has 1 unspecified atom stereocenters. The maximum Gasteiger partial charge on any atom is 0.412 e. The smallest absolute Gasteiger partial charge is 0.412 e. The molecule has 0 saturated carbocycles. The summed E-state index contributed by atoms with van der Waals surface area (Å²) in [7, 11) is 1.65. The van der Waals surface area contributed by atoms with Gasteiger partial charge >= 0.3 is 6.09 Å². The molecule has 5 nitrogen and oxygen atoms in total. The first-order valence-electron chi connectivity index (χ1n) is 8.14. The van der Waals surface area contributed by atoms with Gasteiger partial charge in [0.1, 0.15) is 17.6 Å². The van der Waals surface area contributed by atoms with E-state index in [2.05, 4.69) is 0 Å². The molecule has 1 aliphatic rings. The highest BCUT2D eigenvalue weighted by Crippen LogP contribution is 2.24. The summed E-state index contributed by atoms with van der Waals surface area (Å²) in [5, 5.41) is 0. The van der Waals surface area contributed by atoms with Crippen molar-refractivity contribution in [2.75, 3.05) is 13.7 Å². The Hall–Kier alpha value is -1.75. The first kappa shape index (κ1) is 17.6. The van der Waals surface area contributed by atoms with E-state index in [1.807, 2.05) is 45.0 Å². The van der Waals surface area contributed by atoms with E-state index in [1.165, 1.54) is 0 Å². The molecule has 1 atom stereocenters. The summed E-state index contributed by atoms with van der Waals surface area (Å²) in [6, 6.07) is 7.76. The molecule has 5 heteroatoms. The molecule has 1 fully saturated rings. The van der Waals surface area contributed by atoms with Crippen LogP contribution in [0.25, 0.3) is 0 Å². The van der Waals surface area contributed by atoms with Gasteiger partial charge in [-0.2, -0.15) is 0 Å². The number of benzene rings is 1. The van der Waals surface area contributed by atoms with Crippen LogP contribution in [0.15, 0.2) is 24.3 Å². The Morgan fingerprint density at radius 3 is 2.70 bits per heavy atom. The Bertz CT molecular complexity index is 524. The van der Waals surface area contributed by atoms with E-state index in [0.29, 0.717) is 13.2 Å². The van der Waals surface area contributed by atoms with Crippen LogP contribution in [-0.2, 0) is 16.1 Å². The van der Waals surface area contributed by atoms with Gasteiger partial charge in [0.05, 0.1) is 13.7 Å². The van der Waals surface area contributed by atoms with Crippen LogP contribution < -0.4 is 4.74 Å². The number of nitrogens with zero attached hydrogens (tertiary/aromatic N) is 1. The summed E-state index contributed by atoms with van der Waals surface area (Å²) >= 11 is 0. The lowest BCUT2D eigenvalue weighted by atomic mass is 10.1. The van der Waals surface area contributed by atoms with Crippen molar-refractivity contribution in [1.82, 2.24) is 4.90 Å². The lowest BCUT2D eigenvalue weighted by molar-refractivity contribution is -0.0900. The van der Waals surface area contributed by atoms with Crippen LogP contribution in [-0.4, -0.2) is 36.5 Å². The lowest BCUT2D eigenvalue weighted by Crippen LogP contribution is -2.47. The molecular formula is C18H27NO4. The van der Waals surface area contributed by atoms with Crippen LogP contribution in [0.2, 0.25) is 0 Å². The second-order valence-corrected chi connectivity index (χ2v) is 6.75. The first-order chi connectivity index (χ1) is 10.9. The van der Waals surface area contributed by atoms with Crippen molar-refractivity contribution >= 4 is 6.09 Å². The van der Waals surface area contributed by atoms with Crippen LogP contribution >= 0.6 is 0 Å². The van der Waals surface area contributed by atoms with Crippen LogP contribution in [0.4, 0.5) is 4.79 Å². The minimum atomic E-state index is -0.498. The van der Waals surface area contributed by atoms with Gasteiger partial charge in [-0.15, -0.1) is 0 Å². The molecule has 1 amide bonds. The fraction of sp³-hybridized carbons (Fsp3) is 0.611. The minimum absolute atomic E-state index is 0.247. The van der Waals surface area contributed by atoms with Crippen molar-refractivity contribution < 1.29 is 19.0 Å². The van der Waals surface area contributed by atoms with Crippen LogP contribution in [0.1, 0.15) is 45.6 Å². The highest BCUT2D eigenvalue weighted by molar-refractivity contribution is 5.68. The van der Waals surface area contributed by atoms with Gasteiger partial charge in [-0.25, -0.2) is 4.79 Å². The van der Waals surface area contributed by atoms with Gasteiger partial charge < -0.3 is 14.2 Å². The minimum Gasteiger partial charge on any atom is -0.496 e. The van der Waals surface area contributed by atoms with Crippen molar-refractivity contribution in [2.24, 2.45) is 0 Å². The van der Waals surface area contributed by atoms with Gasteiger partial charge in [-0.1, -0.05) is 18.2 Å².